The van der Waals surface area contributed by atoms with Gasteiger partial charge in [0, 0.05) is 24.3 Å². The van der Waals surface area contributed by atoms with E-state index < -0.39 is 0 Å². The summed E-state index contributed by atoms with van der Waals surface area (Å²) >= 11 is 0. The first-order valence-corrected chi connectivity index (χ1v) is 8.38. The predicted molar refractivity (Wildman–Crippen MR) is 94.1 cm³/mol. The van der Waals surface area contributed by atoms with Crippen molar-refractivity contribution in [2.45, 2.75) is 19.8 Å². The average molecular weight is 337 g/mol. The first kappa shape index (κ1) is 15.6. The topological polar surface area (TPSA) is 71.5 Å². The van der Waals surface area contributed by atoms with Gasteiger partial charge in [0.05, 0.1) is 5.56 Å². The highest BCUT2D eigenvalue weighted by Gasteiger charge is 2.34. The average Bonchev–Trinajstić information content (AvgIpc) is 3.00. The van der Waals surface area contributed by atoms with Gasteiger partial charge in [0.25, 0.3) is 11.8 Å². The van der Waals surface area contributed by atoms with Gasteiger partial charge in [-0.25, -0.2) is 4.98 Å². The maximum absolute atomic E-state index is 13.1. The third kappa shape index (κ3) is 2.63. The Morgan fingerprint density at radius 2 is 2.16 bits per heavy atom. The van der Waals surface area contributed by atoms with Gasteiger partial charge in [0.1, 0.15) is 5.69 Å². The van der Waals surface area contributed by atoms with Crippen LogP contribution in [0.25, 0.3) is 0 Å². The first-order valence-electron chi connectivity index (χ1n) is 8.38. The molecule has 3 heterocycles. The van der Waals surface area contributed by atoms with Crippen LogP contribution < -0.4 is 15.0 Å². The molecule has 6 nitrogen and oxygen atoms in total. The number of anilines is 2. The lowest BCUT2D eigenvalue weighted by molar-refractivity contribution is -0.118. The van der Waals surface area contributed by atoms with Crippen molar-refractivity contribution in [3.8, 4) is 5.88 Å². The molecule has 0 bridgehead atoms. The molecule has 0 aliphatic carbocycles. The quantitative estimate of drug-likeness (QED) is 0.915. The molecule has 1 unspecified atom stereocenters. The van der Waals surface area contributed by atoms with Crippen molar-refractivity contribution in [2.24, 2.45) is 5.92 Å². The van der Waals surface area contributed by atoms with Crippen molar-refractivity contribution in [3.63, 3.8) is 0 Å². The Labute approximate surface area is 145 Å². The molecule has 1 atom stereocenters. The van der Waals surface area contributed by atoms with Crippen LogP contribution in [0.15, 0.2) is 36.5 Å². The minimum atomic E-state index is -0.245. The molecule has 0 fully saturated rings. The van der Waals surface area contributed by atoms with Gasteiger partial charge in [-0.15, -0.1) is 0 Å². The molecule has 4 rings (SSSR count). The normalized spacial score (nSPS) is 18.4. The van der Waals surface area contributed by atoms with Gasteiger partial charge in [0.2, 0.25) is 5.88 Å². The Balaban J connectivity index is 1.68. The lowest BCUT2D eigenvalue weighted by atomic mass is 9.90. The third-order valence-electron chi connectivity index (χ3n) is 4.77. The van der Waals surface area contributed by atoms with E-state index in [0.29, 0.717) is 35.5 Å². The number of benzene rings is 1. The molecule has 0 radical (unpaired) electrons. The number of amides is 2. The maximum atomic E-state index is 13.1. The summed E-state index contributed by atoms with van der Waals surface area (Å²) in [6.45, 7) is 4.93. The molecule has 0 saturated carbocycles. The fraction of sp³-hybridized carbons (Fsp3) is 0.316. The summed E-state index contributed by atoms with van der Waals surface area (Å²) in [4.78, 5) is 30.5. The van der Waals surface area contributed by atoms with Crippen molar-refractivity contribution in [2.75, 3.05) is 23.4 Å². The minimum Gasteiger partial charge on any atom is -0.466 e. The summed E-state index contributed by atoms with van der Waals surface area (Å²) in [5.41, 5.74) is 3.02. The van der Waals surface area contributed by atoms with Gasteiger partial charge >= 0.3 is 0 Å². The van der Waals surface area contributed by atoms with Gasteiger partial charge in [0.15, 0.2) is 6.61 Å². The van der Waals surface area contributed by atoms with E-state index >= 15 is 0 Å². The molecular weight excluding hydrogens is 318 g/mol. The zero-order valence-electron chi connectivity index (χ0n) is 14.2. The number of pyridine rings is 1. The molecule has 2 aliphatic rings. The van der Waals surface area contributed by atoms with Gasteiger partial charge in [-0.1, -0.05) is 32.0 Å². The van der Waals surface area contributed by atoms with Crippen LogP contribution in [0.4, 0.5) is 11.4 Å². The highest BCUT2D eigenvalue weighted by Crippen LogP contribution is 2.41. The van der Waals surface area contributed by atoms with Crippen molar-refractivity contribution in [1.29, 1.82) is 0 Å². The summed E-state index contributed by atoms with van der Waals surface area (Å²) in [5, 5.41) is 2.69. The maximum Gasteiger partial charge on any atom is 0.262 e. The fourth-order valence-electron chi connectivity index (χ4n) is 3.45. The van der Waals surface area contributed by atoms with Crippen LogP contribution in [0, 0.1) is 5.92 Å². The number of ether oxygens (including phenoxy) is 1. The number of nitrogens with zero attached hydrogens (tertiary/aromatic N) is 2. The lowest BCUT2D eigenvalue weighted by Crippen LogP contribution is -2.31. The zero-order valence-corrected chi connectivity index (χ0v) is 14.2. The SMILES string of the molecule is CC(C)C1CN(C(=O)c2cnc3c(c2)NC(=O)CO3)c2ccccc21. The van der Waals surface area contributed by atoms with Crippen LogP contribution in [0.5, 0.6) is 5.88 Å². The molecule has 0 spiro atoms. The Bertz CT molecular complexity index is 863. The fourth-order valence-corrected chi connectivity index (χ4v) is 3.45. The Hall–Kier alpha value is -2.89. The third-order valence-corrected chi connectivity index (χ3v) is 4.77. The molecule has 6 heteroatoms. The molecule has 0 saturated heterocycles. The van der Waals surface area contributed by atoms with Crippen LogP contribution in [0.1, 0.15) is 35.7 Å². The van der Waals surface area contributed by atoms with Gasteiger partial charge in [-0.2, -0.15) is 0 Å². The van der Waals surface area contributed by atoms with E-state index in [2.05, 4.69) is 30.2 Å². The van der Waals surface area contributed by atoms with Crippen LogP contribution >= 0.6 is 0 Å². The van der Waals surface area contributed by atoms with E-state index in [-0.39, 0.29) is 18.4 Å². The standard InChI is InChI=1S/C19H19N3O3/c1-11(2)14-9-22(16-6-4-3-5-13(14)16)19(24)12-7-15-18(20-8-12)25-10-17(23)21-15/h3-8,11,14H,9-10H2,1-2H3,(H,21,23). The molecule has 1 aromatic heterocycles. The Kier molecular flexibility index (Phi) is 3.67. The minimum absolute atomic E-state index is 0.0527. The van der Waals surface area contributed by atoms with Crippen LogP contribution in [0.2, 0.25) is 0 Å². The second kappa shape index (κ2) is 5.88. The zero-order chi connectivity index (χ0) is 17.6. The number of hydrogen-bond donors (Lipinski definition) is 1. The Morgan fingerprint density at radius 3 is 2.96 bits per heavy atom. The lowest BCUT2D eigenvalue weighted by Gasteiger charge is -2.21. The largest absolute Gasteiger partial charge is 0.466 e. The summed E-state index contributed by atoms with van der Waals surface area (Å²) in [5.74, 6) is 0.733. The number of carbonyl (C=O) groups is 2. The van der Waals surface area contributed by atoms with E-state index in [4.69, 9.17) is 4.74 Å². The number of nitrogens with one attached hydrogen (secondary N) is 1. The number of rotatable bonds is 2. The highest BCUT2D eigenvalue weighted by atomic mass is 16.5. The molecule has 2 aromatic rings. The second-order valence-corrected chi connectivity index (χ2v) is 6.74. The van der Waals surface area contributed by atoms with Crippen molar-refractivity contribution >= 4 is 23.2 Å². The molecule has 128 valence electrons. The summed E-state index contributed by atoms with van der Waals surface area (Å²) in [6, 6.07) is 9.66. The van der Waals surface area contributed by atoms with E-state index in [9.17, 15) is 9.59 Å². The van der Waals surface area contributed by atoms with Crippen LogP contribution in [0.3, 0.4) is 0 Å². The summed E-state index contributed by atoms with van der Waals surface area (Å²) in [6.07, 6.45) is 1.50. The molecule has 1 N–H and O–H groups in total. The van der Waals surface area contributed by atoms with Gasteiger partial charge in [-0.3, -0.25) is 9.59 Å². The van der Waals surface area contributed by atoms with E-state index in [1.54, 1.807) is 11.0 Å². The van der Waals surface area contributed by atoms with Gasteiger partial charge in [-0.05, 0) is 23.6 Å². The number of hydrogen-bond acceptors (Lipinski definition) is 4. The van der Waals surface area contributed by atoms with E-state index in [0.717, 1.165) is 5.69 Å². The first-order chi connectivity index (χ1) is 12.0. The number of carbonyl (C=O) groups excluding carboxylic acids is 2. The van der Waals surface area contributed by atoms with Crippen molar-refractivity contribution in [1.82, 2.24) is 4.98 Å². The highest BCUT2D eigenvalue weighted by molar-refractivity contribution is 6.08. The number of fused-ring (bicyclic) bond motifs is 2. The molecule has 2 aliphatic heterocycles. The van der Waals surface area contributed by atoms with E-state index in [1.807, 2.05) is 18.2 Å². The molecule has 2 amide bonds. The second-order valence-electron chi connectivity index (χ2n) is 6.74. The summed E-state index contributed by atoms with van der Waals surface area (Å²) in [7, 11) is 0. The number of para-hydroxylation sites is 1. The molecule has 25 heavy (non-hydrogen) atoms. The monoisotopic (exact) mass is 337 g/mol. The van der Waals surface area contributed by atoms with Crippen LogP contribution in [-0.4, -0.2) is 29.9 Å². The van der Waals surface area contributed by atoms with Crippen LogP contribution in [-0.2, 0) is 4.79 Å². The Morgan fingerprint density at radius 1 is 1.36 bits per heavy atom. The summed E-state index contributed by atoms with van der Waals surface area (Å²) < 4.78 is 5.25. The predicted octanol–water partition coefficient (Wildman–Crippen LogP) is 2.81. The van der Waals surface area contributed by atoms with Crippen molar-refractivity contribution < 1.29 is 14.3 Å². The van der Waals surface area contributed by atoms with Crippen molar-refractivity contribution in [3.05, 3.63) is 47.7 Å². The van der Waals surface area contributed by atoms with E-state index in [1.165, 1.54) is 11.8 Å². The smallest absolute Gasteiger partial charge is 0.262 e. The molecule has 1 aromatic carbocycles. The number of aromatic nitrogens is 1. The molecular formula is C19H19N3O3. The van der Waals surface area contributed by atoms with Gasteiger partial charge < -0.3 is 15.0 Å².